The fourth-order valence-corrected chi connectivity index (χ4v) is 2.70. The van der Waals surface area contributed by atoms with E-state index >= 15 is 0 Å². The number of nitrogens with zero attached hydrogens (tertiary/aromatic N) is 1. The van der Waals surface area contributed by atoms with E-state index in [0.717, 1.165) is 10.2 Å². The molecule has 3 rings (SSSR count). The van der Waals surface area contributed by atoms with E-state index in [9.17, 15) is 9.18 Å². The molecular weight excluding hydrogens is 261 g/mol. The van der Waals surface area contributed by atoms with Crippen LogP contribution in [0, 0.1) is 12.7 Å². The fraction of sp³-hybridized carbons (Fsp3) is 0.0667. The van der Waals surface area contributed by atoms with Gasteiger partial charge in [0.1, 0.15) is 5.82 Å². The minimum Gasteiger partial charge on any atom is -0.289 e. The second-order valence-corrected chi connectivity index (χ2v) is 5.27. The van der Waals surface area contributed by atoms with Gasteiger partial charge in [-0.1, -0.05) is 0 Å². The second kappa shape index (κ2) is 4.55. The Morgan fingerprint density at radius 1 is 1.21 bits per heavy atom. The molecule has 0 bridgehead atoms. The molecule has 2 heterocycles. The molecule has 0 radical (unpaired) electrons. The van der Waals surface area contributed by atoms with Crippen molar-refractivity contribution >= 4 is 27.3 Å². The molecule has 0 aliphatic carbocycles. The van der Waals surface area contributed by atoms with Crippen LogP contribution in [0.2, 0.25) is 0 Å². The highest BCUT2D eigenvalue weighted by Gasteiger charge is 2.12. The van der Waals surface area contributed by atoms with Gasteiger partial charge in [0.25, 0.3) is 0 Å². The number of carbonyl (C=O) groups is 1. The van der Waals surface area contributed by atoms with E-state index in [1.165, 1.54) is 12.1 Å². The van der Waals surface area contributed by atoms with Crippen molar-refractivity contribution in [3.05, 3.63) is 64.4 Å². The fourth-order valence-electron chi connectivity index (χ4n) is 1.92. The molecule has 0 aliphatic rings. The number of thiophene rings is 1. The predicted molar refractivity (Wildman–Crippen MR) is 74.2 cm³/mol. The highest BCUT2D eigenvalue weighted by atomic mass is 32.1. The third kappa shape index (κ3) is 2.15. The van der Waals surface area contributed by atoms with Gasteiger partial charge in [-0.05, 0) is 48.2 Å². The third-order valence-corrected chi connectivity index (χ3v) is 3.84. The summed E-state index contributed by atoms with van der Waals surface area (Å²) < 4.78 is 14.2. The predicted octanol–water partition coefficient (Wildman–Crippen LogP) is 3.97. The lowest BCUT2D eigenvalue weighted by molar-refractivity contribution is 0.103. The Bertz CT molecular complexity index is 779. The number of aromatic nitrogens is 1. The monoisotopic (exact) mass is 271 g/mol. The molecule has 19 heavy (non-hydrogen) atoms. The molecule has 94 valence electrons. The van der Waals surface area contributed by atoms with Gasteiger partial charge in [-0.3, -0.25) is 9.78 Å². The average molecular weight is 271 g/mol. The van der Waals surface area contributed by atoms with Gasteiger partial charge in [0.15, 0.2) is 5.78 Å². The number of ketones is 1. The van der Waals surface area contributed by atoms with Gasteiger partial charge in [0.05, 0.1) is 10.2 Å². The van der Waals surface area contributed by atoms with Crippen molar-refractivity contribution in [1.29, 1.82) is 0 Å². The first-order chi connectivity index (χ1) is 9.15. The summed E-state index contributed by atoms with van der Waals surface area (Å²) >= 11 is 1.54. The lowest BCUT2D eigenvalue weighted by atomic mass is 10.0. The summed E-state index contributed by atoms with van der Waals surface area (Å²) in [5, 5.41) is 1.94. The van der Waals surface area contributed by atoms with Crippen molar-refractivity contribution in [2.24, 2.45) is 0 Å². The number of pyridine rings is 1. The van der Waals surface area contributed by atoms with Crippen LogP contribution in [0.4, 0.5) is 4.39 Å². The molecule has 0 spiro atoms. The Balaban J connectivity index is 2.04. The van der Waals surface area contributed by atoms with Crippen molar-refractivity contribution in [2.45, 2.75) is 6.92 Å². The lowest BCUT2D eigenvalue weighted by Crippen LogP contribution is -2.02. The molecule has 0 atom stereocenters. The van der Waals surface area contributed by atoms with Crippen molar-refractivity contribution in [3.63, 3.8) is 0 Å². The number of aryl methyl sites for hydroxylation is 1. The van der Waals surface area contributed by atoms with Crippen molar-refractivity contribution < 1.29 is 9.18 Å². The molecule has 0 unspecified atom stereocenters. The van der Waals surface area contributed by atoms with E-state index in [-0.39, 0.29) is 11.6 Å². The van der Waals surface area contributed by atoms with Crippen molar-refractivity contribution in [1.82, 2.24) is 4.98 Å². The third-order valence-electron chi connectivity index (χ3n) is 2.99. The van der Waals surface area contributed by atoms with E-state index < -0.39 is 0 Å². The zero-order valence-electron chi connectivity index (χ0n) is 10.2. The number of rotatable bonds is 2. The van der Waals surface area contributed by atoms with Gasteiger partial charge in [0.2, 0.25) is 0 Å². The maximum atomic E-state index is 13.2. The van der Waals surface area contributed by atoms with Crippen LogP contribution < -0.4 is 0 Å². The molecular formula is C15H10FNOS. The van der Waals surface area contributed by atoms with E-state index in [2.05, 4.69) is 4.98 Å². The lowest BCUT2D eigenvalue weighted by Gasteiger charge is -2.03. The number of carbonyl (C=O) groups excluding carboxylic acids is 1. The van der Waals surface area contributed by atoms with E-state index in [0.29, 0.717) is 16.7 Å². The van der Waals surface area contributed by atoms with Crippen LogP contribution in [0.5, 0.6) is 0 Å². The minimum atomic E-state index is -0.302. The van der Waals surface area contributed by atoms with E-state index in [4.69, 9.17) is 0 Å². The molecule has 0 amide bonds. The first-order valence-electron chi connectivity index (χ1n) is 5.79. The Morgan fingerprint density at radius 3 is 2.84 bits per heavy atom. The summed E-state index contributed by atoms with van der Waals surface area (Å²) in [4.78, 5) is 16.6. The molecule has 3 aromatic rings. The summed E-state index contributed by atoms with van der Waals surface area (Å²) in [6.45, 7) is 1.65. The molecule has 1 aromatic carbocycles. The summed E-state index contributed by atoms with van der Waals surface area (Å²) in [5.41, 5.74) is 2.37. The molecule has 0 saturated carbocycles. The van der Waals surface area contributed by atoms with E-state index in [1.807, 2.05) is 17.5 Å². The highest BCUT2D eigenvalue weighted by Crippen LogP contribution is 2.21. The first-order valence-corrected chi connectivity index (χ1v) is 6.67. The van der Waals surface area contributed by atoms with Crippen LogP contribution >= 0.6 is 11.3 Å². The molecule has 4 heteroatoms. The number of fused-ring (bicyclic) bond motifs is 1. The zero-order chi connectivity index (χ0) is 13.4. The average Bonchev–Trinajstić information content (AvgIpc) is 2.88. The van der Waals surface area contributed by atoms with Gasteiger partial charge in [0, 0.05) is 17.3 Å². The van der Waals surface area contributed by atoms with Gasteiger partial charge in [-0.25, -0.2) is 4.39 Å². The zero-order valence-corrected chi connectivity index (χ0v) is 11.0. The van der Waals surface area contributed by atoms with Crippen LogP contribution in [0.3, 0.4) is 0 Å². The maximum absolute atomic E-state index is 13.2. The maximum Gasteiger partial charge on any atom is 0.194 e. The van der Waals surface area contributed by atoms with Gasteiger partial charge in [-0.2, -0.15) is 0 Å². The van der Waals surface area contributed by atoms with Crippen molar-refractivity contribution in [2.75, 3.05) is 0 Å². The van der Waals surface area contributed by atoms with E-state index in [1.54, 1.807) is 30.5 Å². The first kappa shape index (κ1) is 12.0. The standard InChI is InChI=1S/C15H10FNOS/c1-9-6-10(2-3-12(9)16)15(18)11-7-14-13(17-8-11)4-5-19-14/h2-8H,1H3. The summed E-state index contributed by atoms with van der Waals surface area (Å²) in [6, 6.07) is 8.13. The number of benzene rings is 1. The molecule has 2 aromatic heterocycles. The minimum absolute atomic E-state index is 0.133. The van der Waals surface area contributed by atoms with Crippen LogP contribution in [0.25, 0.3) is 10.2 Å². The van der Waals surface area contributed by atoms with Crippen LogP contribution in [0.1, 0.15) is 21.5 Å². The van der Waals surface area contributed by atoms with Crippen LogP contribution in [0.15, 0.2) is 41.9 Å². The SMILES string of the molecule is Cc1cc(C(=O)c2cnc3ccsc3c2)ccc1F. The Hall–Kier alpha value is -2.07. The smallest absolute Gasteiger partial charge is 0.194 e. The number of hydrogen-bond donors (Lipinski definition) is 0. The Labute approximate surface area is 113 Å². The van der Waals surface area contributed by atoms with Crippen molar-refractivity contribution in [3.8, 4) is 0 Å². The Morgan fingerprint density at radius 2 is 2.05 bits per heavy atom. The number of halogens is 1. The molecule has 0 N–H and O–H groups in total. The summed E-state index contributed by atoms with van der Waals surface area (Å²) in [6.07, 6.45) is 1.57. The largest absolute Gasteiger partial charge is 0.289 e. The van der Waals surface area contributed by atoms with Crippen LogP contribution in [-0.4, -0.2) is 10.8 Å². The molecule has 2 nitrogen and oxygen atoms in total. The van der Waals surface area contributed by atoms with Gasteiger partial charge in [-0.15, -0.1) is 11.3 Å². The summed E-state index contributed by atoms with van der Waals surface area (Å²) in [7, 11) is 0. The van der Waals surface area contributed by atoms with Gasteiger partial charge < -0.3 is 0 Å². The number of hydrogen-bond acceptors (Lipinski definition) is 3. The summed E-state index contributed by atoms with van der Waals surface area (Å²) in [5.74, 6) is -0.436. The van der Waals surface area contributed by atoms with Gasteiger partial charge >= 0.3 is 0 Å². The quantitative estimate of drug-likeness (QED) is 0.660. The molecule has 0 saturated heterocycles. The normalized spacial score (nSPS) is 10.8. The van der Waals surface area contributed by atoms with Crippen LogP contribution in [-0.2, 0) is 0 Å². The second-order valence-electron chi connectivity index (χ2n) is 4.32. The molecule has 0 fully saturated rings. The Kier molecular flexibility index (Phi) is 2.87. The highest BCUT2D eigenvalue weighted by molar-refractivity contribution is 7.17. The topological polar surface area (TPSA) is 30.0 Å². The molecule has 0 aliphatic heterocycles.